The lowest BCUT2D eigenvalue weighted by Gasteiger charge is -2.17. The predicted molar refractivity (Wildman–Crippen MR) is 94.4 cm³/mol. The van der Waals surface area contributed by atoms with Crippen LogP contribution >= 0.6 is 0 Å². The number of likely N-dealkylation sites (N-methyl/N-ethyl adjacent to an activating group) is 1. The van der Waals surface area contributed by atoms with Gasteiger partial charge in [-0.05, 0) is 32.1 Å². The zero-order valence-electron chi connectivity index (χ0n) is 15.3. The van der Waals surface area contributed by atoms with E-state index >= 15 is 0 Å². The summed E-state index contributed by atoms with van der Waals surface area (Å²) in [6, 6.07) is 0.324. The van der Waals surface area contributed by atoms with Gasteiger partial charge in [0.25, 0.3) is 5.91 Å². The number of carbonyl (C=O) groups excluding carboxylic acids is 1. The quantitative estimate of drug-likeness (QED) is 0.526. The van der Waals surface area contributed by atoms with E-state index in [1.54, 1.807) is 19.0 Å². The third-order valence-corrected chi connectivity index (χ3v) is 4.10. The fourth-order valence-electron chi connectivity index (χ4n) is 2.71. The third kappa shape index (κ3) is 7.68. The smallest absolute Gasteiger partial charge is 0.251 e. The lowest BCUT2D eigenvalue weighted by atomic mass is 10.0. The molecule has 1 rings (SSSR count). The first-order valence-electron chi connectivity index (χ1n) is 8.72. The van der Waals surface area contributed by atoms with Gasteiger partial charge < -0.3 is 20.7 Å². The first-order chi connectivity index (χ1) is 10.8. The molecular formula is C17H34N4O2. The largest absolute Gasteiger partial charge is 0.370 e. The van der Waals surface area contributed by atoms with Gasteiger partial charge in [-0.3, -0.25) is 9.79 Å². The molecule has 1 aliphatic rings. The Hall–Kier alpha value is -1.30. The fraction of sp³-hybridized carbons (Fsp3) is 0.882. The van der Waals surface area contributed by atoms with E-state index in [0.29, 0.717) is 18.5 Å². The summed E-state index contributed by atoms with van der Waals surface area (Å²) >= 11 is 0. The molecule has 3 unspecified atom stereocenters. The van der Waals surface area contributed by atoms with Crippen LogP contribution in [0.5, 0.6) is 0 Å². The van der Waals surface area contributed by atoms with E-state index in [9.17, 15) is 4.79 Å². The molecule has 1 amide bonds. The summed E-state index contributed by atoms with van der Waals surface area (Å²) in [5.74, 6) is 1.24. The maximum atomic E-state index is 11.9. The van der Waals surface area contributed by atoms with E-state index in [1.165, 1.54) is 12.8 Å². The van der Waals surface area contributed by atoms with Gasteiger partial charge in [-0.1, -0.05) is 26.7 Å². The van der Waals surface area contributed by atoms with Crippen LogP contribution < -0.4 is 11.1 Å². The van der Waals surface area contributed by atoms with Crippen LogP contribution in [0.25, 0.3) is 0 Å². The Labute approximate surface area is 140 Å². The molecule has 0 radical (unpaired) electrons. The molecule has 1 saturated heterocycles. The van der Waals surface area contributed by atoms with Crippen LogP contribution in [0.4, 0.5) is 0 Å². The Morgan fingerprint density at radius 3 is 2.61 bits per heavy atom. The zero-order valence-corrected chi connectivity index (χ0v) is 15.3. The van der Waals surface area contributed by atoms with Crippen LogP contribution in [-0.4, -0.2) is 55.7 Å². The Balaban J connectivity index is 2.27. The molecule has 23 heavy (non-hydrogen) atoms. The number of rotatable bonds is 8. The molecule has 6 heteroatoms. The lowest BCUT2D eigenvalue weighted by molar-refractivity contribution is -0.140. The van der Waals surface area contributed by atoms with Gasteiger partial charge in [-0.15, -0.1) is 0 Å². The van der Waals surface area contributed by atoms with Crippen LogP contribution in [0, 0.1) is 5.92 Å². The number of nitrogens with two attached hydrogens (primary N) is 1. The minimum Gasteiger partial charge on any atom is -0.370 e. The van der Waals surface area contributed by atoms with Crippen molar-refractivity contribution in [3.05, 3.63) is 0 Å². The van der Waals surface area contributed by atoms with E-state index < -0.39 is 0 Å². The molecule has 3 atom stereocenters. The predicted octanol–water partition coefficient (Wildman–Crippen LogP) is 1.74. The number of carbonyl (C=O) groups is 1. The van der Waals surface area contributed by atoms with Gasteiger partial charge in [0.15, 0.2) is 5.96 Å². The highest BCUT2D eigenvalue weighted by atomic mass is 16.5. The van der Waals surface area contributed by atoms with Crippen molar-refractivity contribution in [1.29, 1.82) is 0 Å². The summed E-state index contributed by atoms with van der Waals surface area (Å²) in [6.07, 6.45) is 4.80. The van der Waals surface area contributed by atoms with Crippen molar-refractivity contribution in [2.75, 3.05) is 20.6 Å². The van der Waals surface area contributed by atoms with Crippen molar-refractivity contribution >= 4 is 11.9 Å². The number of amides is 1. The second kappa shape index (κ2) is 9.75. The standard InChI is InChI=1S/C17H34N4O2/c1-12(2)7-6-8-13(3)20-17(18)19-11-14-9-10-15(23-14)16(22)21(4)5/h12-15H,6-11H2,1-5H3,(H3,18,19,20). The van der Waals surface area contributed by atoms with Crippen molar-refractivity contribution in [2.45, 2.75) is 71.1 Å². The van der Waals surface area contributed by atoms with Gasteiger partial charge in [0.05, 0.1) is 12.6 Å². The topological polar surface area (TPSA) is 79.9 Å². The van der Waals surface area contributed by atoms with Crippen molar-refractivity contribution in [1.82, 2.24) is 10.2 Å². The Morgan fingerprint density at radius 1 is 1.30 bits per heavy atom. The fourth-order valence-corrected chi connectivity index (χ4v) is 2.71. The zero-order chi connectivity index (χ0) is 17.4. The lowest BCUT2D eigenvalue weighted by Crippen LogP contribution is -2.39. The molecule has 0 aromatic rings. The molecule has 0 spiro atoms. The third-order valence-electron chi connectivity index (χ3n) is 4.10. The molecule has 0 aromatic carbocycles. The molecule has 1 fully saturated rings. The van der Waals surface area contributed by atoms with Gasteiger partial charge >= 0.3 is 0 Å². The number of aliphatic imine (C=N–C) groups is 1. The molecule has 0 bridgehead atoms. The molecule has 0 aromatic heterocycles. The molecule has 0 saturated carbocycles. The maximum absolute atomic E-state index is 11.9. The van der Waals surface area contributed by atoms with Crippen LogP contribution in [0.15, 0.2) is 4.99 Å². The molecule has 0 aliphatic carbocycles. The molecule has 134 valence electrons. The van der Waals surface area contributed by atoms with Gasteiger partial charge in [0.1, 0.15) is 6.10 Å². The SMILES string of the molecule is CC(C)CCCC(C)NC(N)=NCC1CCC(C(=O)N(C)C)O1. The average molecular weight is 326 g/mol. The molecule has 6 nitrogen and oxygen atoms in total. The number of nitrogens with zero attached hydrogens (tertiary/aromatic N) is 2. The minimum atomic E-state index is -0.325. The number of hydrogen-bond acceptors (Lipinski definition) is 3. The van der Waals surface area contributed by atoms with Crippen LogP contribution in [0.3, 0.4) is 0 Å². The van der Waals surface area contributed by atoms with E-state index in [0.717, 1.165) is 25.2 Å². The summed E-state index contributed by atoms with van der Waals surface area (Å²) < 4.78 is 5.75. The van der Waals surface area contributed by atoms with Crippen molar-refractivity contribution < 1.29 is 9.53 Å². The molecule has 1 heterocycles. The maximum Gasteiger partial charge on any atom is 0.251 e. The summed E-state index contributed by atoms with van der Waals surface area (Å²) in [5.41, 5.74) is 5.94. The number of guanidine groups is 1. The second-order valence-corrected chi connectivity index (χ2v) is 7.15. The highest BCUT2D eigenvalue weighted by Gasteiger charge is 2.31. The molecular weight excluding hydrogens is 292 g/mol. The van der Waals surface area contributed by atoms with Crippen LogP contribution in [0.1, 0.15) is 52.9 Å². The molecule has 1 aliphatic heterocycles. The Kier molecular flexibility index (Phi) is 8.37. The number of nitrogens with one attached hydrogen (secondary N) is 1. The van der Waals surface area contributed by atoms with E-state index in [4.69, 9.17) is 10.5 Å². The Morgan fingerprint density at radius 2 is 2.00 bits per heavy atom. The highest BCUT2D eigenvalue weighted by Crippen LogP contribution is 2.21. The van der Waals surface area contributed by atoms with E-state index in [-0.39, 0.29) is 18.1 Å². The van der Waals surface area contributed by atoms with Crippen molar-refractivity contribution in [3.8, 4) is 0 Å². The monoisotopic (exact) mass is 326 g/mol. The first kappa shape index (κ1) is 19.7. The van der Waals surface area contributed by atoms with Gasteiger partial charge in [0, 0.05) is 20.1 Å². The summed E-state index contributed by atoms with van der Waals surface area (Å²) in [4.78, 5) is 17.8. The van der Waals surface area contributed by atoms with E-state index in [1.807, 2.05) is 0 Å². The Bertz CT molecular complexity index is 396. The number of hydrogen-bond donors (Lipinski definition) is 2. The van der Waals surface area contributed by atoms with Gasteiger partial charge in [-0.2, -0.15) is 0 Å². The average Bonchev–Trinajstić information content (AvgIpc) is 2.92. The van der Waals surface area contributed by atoms with Gasteiger partial charge in [-0.25, -0.2) is 0 Å². The van der Waals surface area contributed by atoms with Crippen molar-refractivity contribution in [2.24, 2.45) is 16.6 Å². The van der Waals surface area contributed by atoms with E-state index in [2.05, 4.69) is 31.1 Å². The normalized spacial score (nSPS) is 23.1. The molecule has 3 N–H and O–H groups in total. The highest BCUT2D eigenvalue weighted by molar-refractivity contribution is 5.80. The number of ether oxygens (including phenoxy) is 1. The summed E-state index contributed by atoms with van der Waals surface area (Å²) in [5, 5.41) is 3.23. The van der Waals surface area contributed by atoms with Gasteiger partial charge in [0.2, 0.25) is 0 Å². The first-order valence-corrected chi connectivity index (χ1v) is 8.72. The second-order valence-electron chi connectivity index (χ2n) is 7.15. The van der Waals surface area contributed by atoms with Crippen LogP contribution in [-0.2, 0) is 9.53 Å². The van der Waals surface area contributed by atoms with Crippen molar-refractivity contribution in [3.63, 3.8) is 0 Å². The minimum absolute atomic E-state index is 0.0134. The van der Waals surface area contributed by atoms with Crippen LogP contribution in [0.2, 0.25) is 0 Å². The summed E-state index contributed by atoms with van der Waals surface area (Å²) in [7, 11) is 3.50. The summed E-state index contributed by atoms with van der Waals surface area (Å²) in [6.45, 7) is 7.11.